The van der Waals surface area contributed by atoms with Gasteiger partial charge in [-0.05, 0) is 39.1 Å². The molecule has 0 saturated carbocycles. The van der Waals surface area contributed by atoms with Crippen LogP contribution >= 0.6 is 11.3 Å². The summed E-state index contributed by atoms with van der Waals surface area (Å²) in [6.07, 6.45) is 0.338. The van der Waals surface area contributed by atoms with Crippen molar-refractivity contribution >= 4 is 23.2 Å². The van der Waals surface area contributed by atoms with Crippen molar-refractivity contribution in [2.75, 3.05) is 6.54 Å². The Morgan fingerprint density at radius 1 is 1.30 bits per heavy atom. The minimum Gasteiger partial charge on any atom is -0.460 e. The molecule has 0 aliphatic heterocycles. The van der Waals surface area contributed by atoms with Crippen molar-refractivity contribution in [2.24, 2.45) is 0 Å². The lowest BCUT2D eigenvalue weighted by atomic mass is 10.2. The summed E-state index contributed by atoms with van der Waals surface area (Å²) in [5, 5.41) is 1.99. The van der Waals surface area contributed by atoms with Gasteiger partial charge in [-0.3, -0.25) is 9.59 Å². The van der Waals surface area contributed by atoms with E-state index in [-0.39, 0.29) is 24.7 Å². The van der Waals surface area contributed by atoms with E-state index in [1.165, 1.54) is 0 Å². The second-order valence-electron chi connectivity index (χ2n) is 5.57. The molecule has 0 spiro atoms. The highest BCUT2D eigenvalue weighted by atomic mass is 32.1. The van der Waals surface area contributed by atoms with Crippen LogP contribution < -0.4 is 0 Å². The number of nitrogens with zero attached hydrogens (tertiary/aromatic N) is 1. The van der Waals surface area contributed by atoms with Crippen LogP contribution in [0.2, 0.25) is 0 Å². The molecule has 1 rings (SSSR count). The molecule has 0 radical (unpaired) electrons. The Kier molecular flexibility index (Phi) is 6.20. The van der Waals surface area contributed by atoms with Gasteiger partial charge >= 0.3 is 5.97 Å². The second-order valence-corrected chi connectivity index (χ2v) is 6.61. The summed E-state index contributed by atoms with van der Waals surface area (Å²) in [4.78, 5) is 26.6. The SMILES string of the molecule is CCN(Cc1cccs1)C(=O)CCC(=O)OC(C)(C)C. The highest BCUT2D eigenvalue weighted by Gasteiger charge is 2.19. The monoisotopic (exact) mass is 297 g/mol. The van der Waals surface area contributed by atoms with E-state index >= 15 is 0 Å². The third-order valence-electron chi connectivity index (χ3n) is 2.62. The number of esters is 1. The van der Waals surface area contributed by atoms with E-state index in [0.29, 0.717) is 13.1 Å². The Hall–Kier alpha value is -1.36. The summed E-state index contributed by atoms with van der Waals surface area (Å²) in [5.74, 6) is -0.329. The summed E-state index contributed by atoms with van der Waals surface area (Å²) in [7, 11) is 0. The zero-order chi connectivity index (χ0) is 15.2. The van der Waals surface area contributed by atoms with E-state index in [2.05, 4.69) is 0 Å². The molecule has 0 unspecified atom stereocenters. The standard InChI is InChI=1S/C15H23NO3S/c1-5-16(11-12-7-6-10-20-12)13(17)8-9-14(18)19-15(2,3)4/h6-7,10H,5,8-9,11H2,1-4H3. The molecule has 0 bridgehead atoms. The molecular formula is C15H23NO3S. The van der Waals surface area contributed by atoms with Crippen molar-refractivity contribution in [1.82, 2.24) is 4.90 Å². The van der Waals surface area contributed by atoms with Crippen LogP contribution in [-0.4, -0.2) is 28.9 Å². The van der Waals surface area contributed by atoms with Crippen LogP contribution in [0.5, 0.6) is 0 Å². The maximum absolute atomic E-state index is 12.1. The molecule has 4 nitrogen and oxygen atoms in total. The molecule has 1 heterocycles. The number of thiophene rings is 1. The lowest BCUT2D eigenvalue weighted by Gasteiger charge is -2.21. The van der Waals surface area contributed by atoms with Gasteiger partial charge in [-0.15, -0.1) is 11.3 Å². The van der Waals surface area contributed by atoms with Crippen LogP contribution in [0.1, 0.15) is 45.4 Å². The Morgan fingerprint density at radius 3 is 2.50 bits per heavy atom. The Balaban J connectivity index is 2.42. The summed E-state index contributed by atoms with van der Waals surface area (Å²) in [5.41, 5.74) is -0.498. The molecule has 0 atom stereocenters. The van der Waals surface area contributed by atoms with Gasteiger partial charge in [0.15, 0.2) is 0 Å². The average Bonchev–Trinajstić information content (AvgIpc) is 2.83. The molecule has 0 fully saturated rings. The second kappa shape index (κ2) is 7.43. The van der Waals surface area contributed by atoms with Gasteiger partial charge in [-0.2, -0.15) is 0 Å². The van der Waals surface area contributed by atoms with Gasteiger partial charge < -0.3 is 9.64 Å². The number of carbonyl (C=O) groups is 2. The molecule has 20 heavy (non-hydrogen) atoms. The first-order valence-electron chi connectivity index (χ1n) is 6.84. The quantitative estimate of drug-likeness (QED) is 0.757. The lowest BCUT2D eigenvalue weighted by Crippen LogP contribution is -2.31. The normalized spacial score (nSPS) is 11.2. The molecule has 0 N–H and O–H groups in total. The molecule has 5 heteroatoms. The molecule has 0 aliphatic carbocycles. The molecule has 112 valence electrons. The van der Waals surface area contributed by atoms with Gasteiger partial charge in [-0.25, -0.2) is 0 Å². The van der Waals surface area contributed by atoms with Crippen molar-refractivity contribution < 1.29 is 14.3 Å². The smallest absolute Gasteiger partial charge is 0.306 e. The fourth-order valence-corrected chi connectivity index (χ4v) is 2.45. The largest absolute Gasteiger partial charge is 0.460 e. The summed E-state index contributed by atoms with van der Waals surface area (Å²) < 4.78 is 5.20. The highest BCUT2D eigenvalue weighted by Crippen LogP contribution is 2.14. The minimum absolute atomic E-state index is 0.00763. The third kappa shape index (κ3) is 6.19. The summed E-state index contributed by atoms with van der Waals surface area (Å²) in [6, 6.07) is 3.98. The zero-order valence-corrected chi connectivity index (χ0v) is 13.5. The van der Waals surface area contributed by atoms with Crippen LogP contribution in [0, 0.1) is 0 Å². The number of amides is 1. The molecule has 1 amide bonds. The first-order chi connectivity index (χ1) is 9.31. The van der Waals surface area contributed by atoms with Gasteiger partial charge in [-0.1, -0.05) is 6.07 Å². The predicted octanol–water partition coefficient (Wildman–Crippen LogP) is 3.22. The number of ether oxygens (including phenoxy) is 1. The Labute approximate surface area is 124 Å². The number of carbonyl (C=O) groups excluding carboxylic acids is 2. The molecule has 0 saturated heterocycles. The van der Waals surface area contributed by atoms with E-state index < -0.39 is 5.60 Å². The van der Waals surface area contributed by atoms with E-state index in [1.807, 2.05) is 45.2 Å². The molecular weight excluding hydrogens is 274 g/mol. The Morgan fingerprint density at radius 2 is 2.00 bits per heavy atom. The van der Waals surface area contributed by atoms with E-state index in [4.69, 9.17) is 4.74 Å². The predicted molar refractivity (Wildman–Crippen MR) is 80.5 cm³/mol. The molecule has 1 aromatic heterocycles. The van der Waals surface area contributed by atoms with E-state index in [1.54, 1.807) is 16.2 Å². The van der Waals surface area contributed by atoms with Crippen molar-refractivity contribution in [3.63, 3.8) is 0 Å². The topological polar surface area (TPSA) is 46.6 Å². The zero-order valence-electron chi connectivity index (χ0n) is 12.6. The van der Waals surface area contributed by atoms with Gasteiger partial charge in [0.2, 0.25) is 5.91 Å². The third-order valence-corrected chi connectivity index (χ3v) is 3.49. The minimum atomic E-state index is -0.498. The first-order valence-corrected chi connectivity index (χ1v) is 7.72. The maximum Gasteiger partial charge on any atom is 0.306 e. The molecule has 0 aliphatic rings. The van der Waals surface area contributed by atoms with Gasteiger partial charge in [0.05, 0.1) is 13.0 Å². The maximum atomic E-state index is 12.1. The van der Waals surface area contributed by atoms with Gasteiger partial charge in [0, 0.05) is 17.8 Å². The number of rotatable bonds is 6. The van der Waals surface area contributed by atoms with E-state index in [9.17, 15) is 9.59 Å². The van der Waals surface area contributed by atoms with Crippen LogP contribution in [0.25, 0.3) is 0 Å². The summed E-state index contributed by atoms with van der Waals surface area (Å²) in [6.45, 7) is 8.66. The van der Waals surface area contributed by atoms with Gasteiger partial charge in [0.1, 0.15) is 5.60 Å². The number of hydrogen-bond acceptors (Lipinski definition) is 4. The van der Waals surface area contributed by atoms with Crippen molar-refractivity contribution in [3.8, 4) is 0 Å². The van der Waals surface area contributed by atoms with E-state index in [0.717, 1.165) is 4.88 Å². The highest BCUT2D eigenvalue weighted by molar-refractivity contribution is 7.09. The van der Waals surface area contributed by atoms with Crippen LogP contribution in [0.15, 0.2) is 17.5 Å². The first kappa shape index (κ1) is 16.7. The van der Waals surface area contributed by atoms with Gasteiger partial charge in [0.25, 0.3) is 0 Å². The van der Waals surface area contributed by atoms with Crippen molar-refractivity contribution in [3.05, 3.63) is 22.4 Å². The summed E-state index contributed by atoms with van der Waals surface area (Å²) >= 11 is 1.63. The fraction of sp³-hybridized carbons (Fsp3) is 0.600. The average molecular weight is 297 g/mol. The Bertz CT molecular complexity index is 434. The lowest BCUT2D eigenvalue weighted by molar-refractivity contribution is -0.156. The molecule has 0 aromatic carbocycles. The fourth-order valence-electron chi connectivity index (χ4n) is 1.73. The van der Waals surface area contributed by atoms with Crippen molar-refractivity contribution in [2.45, 2.75) is 52.7 Å². The van der Waals surface area contributed by atoms with Crippen LogP contribution in [0.4, 0.5) is 0 Å². The number of hydrogen-bond donors (Lipinski definition) is 0. The molecule has 1 aromatic rings. The van der Waals surface area contributed by atoms with Crippen molar-refractivity contribution in [1.29, 1.82) is 0 Å². The van der Waals surface area contributed by atoms with Crippen LogP contribution in [-0.2, 0) is 20.9 Å². The van der Waals surface area contributed by atoms with Crippen LogP contribution in [0.3, 0.4) is 0 Å².